The monoisotopic (exact) mass is 251 g/mol. The number of aryl methyl sites for hydroxylation is 2. The fraction of sp³-hybridized carbons (Fsp3) is 0.667. The van der Waals surface area contributed by atoms with Crippen molar-refractivity contribution in [2.45, 2.75) is 32.7 Å². The van der Waals surface area contributed by atoms with Gasteiger partial charge in [0.15, 0.2) is 5.82 Å². The van der Waals surface area contributed by atoms with Crippen molar-refractivity contribution >= 4 is 17.4 Å². The van der Waals surface area contributed by atoms with Crippen LogP contribution in [-0.4, -0.2) is 28.3 Å². The van der Waals surface area contributed by atoms with Gasteiger partial charge in [0.1, 0.15) is 0 Å². The SMILES string of the molecule is Cc1nn(C)c(N2CC(C(N)=O)CCC2C)c1N. The molecule has 1 aromatic rings. The smallest absolute Gasteiger partial charge is 0.222 e. The Bertz CT molecular complexity index is 467. The van der Waals surface area contributed by atoms with Crippen molar-refractivity contribution in [3.63, 3.8) is 0 Å². The van der Waals surface area contributed by atoms with Gasteiger partial charge in [-0.05, 0) is 26.7 Å². The summed E-state index contributed by atoms with van der Waals surface area (Å²) >= 11 is 0. The van der Waals surface area contributed by atoms with Gasteiger partial charge in [-0.2, -0.15) is 5.10 Å². The van der Waals surface area contributed by atoms with Crippen LogP contribution in [0.25, 0.3) is 0 Å². The molecule has 0 aromatic carbocycles. The van der Waals surface area contributed by atoms with E-state index in [1.54, 1.807) is 4.68 Å². The first-order valence-corrected chi connectivity index (χ1v) is 6.26. The van der Waals surface area contributed by atoms with Crippen LogP contribution in [0.5, 0.6) is 0 Å². The maximum Gasteiger partial charge on any atom is 0.222 e. The number of nitrogen functional groups attached to an aromatic ring is 1. The van der Waals surface area contributed by atoms with Gasteiger partial charge in [0.25, 0.3) is 0 Å². The van der Waals surface area contributed by atoms with E-state index in [1.165, 1.54) is 0 Å². The molecule has 0 spiro atoms. The molecule has 4 N–H and O–H groups in total. The molecule has 0 bridgehead atoms. The number of carbonyl (C=O) groups is 1. The second-order valence-electron chi connectivity index (χ2n) is 5.12. The molecule has 2 atom stereocenters. The van der Waals surface area contributed by atoms with Crippen LogP contribution in [0.15, 0.2) is 0 Å². The number of piperidine rings is 1. The molecule has 0 aliphatic carbocycles. The van der Waals surface area contributed by atoms with Gasteiger partial charge in [-0.25, -0.2) is 0 Å². The van der Waals surface area contributed by atoms with Crippen molar-refractivity contribution in [2.24, 2.45) is 18.7 Å². The van der Waals surface area contributed by atoms with Crippen molar-refractivity contribution in [3.8, 4) is 0 Å². The van der Waals surface area contributed by atoms with Crippen LogP contribution in [-0.2, 0) is 11.8 Å². The third-order valence-corrected chi connectivity index (χ3v) is 3.79. The number of hydrogen-bond donors (Lipinski definition) is 2. The van der Waals surface area contributed by atoms with E-state index in [2.05, 4.69) is 16.9 Å². The molecule has 0 saturated carbocycles. The second kappa shape index (κ2) is 4.51. The Hall–Kier alpha value is -1.72. The lowest BCUT2D eigenvalue weighted by molar-refractivity contribution is -0.122. The van der Waals surface area contributed by atoms with Gasteiger partial charge in [-0.3, -0.25) is 9.48 Å². The Morgan fingerprint density at radius 3 is 2.61 bits per heavy atom. The molecule has 6 nitrogen and oxygen atoms in total. The topological polar surface area (TPSA) is 90.2 Å². The molecule has 1 aliphatic rings. The summed E-state index contributed by atoms with van der Waals surface area (Å²) in [5, 5.41) is 4.32. The zero-order chi connectivity index (χ0) is 13.4. The number of nitrogens with zero attached hydrogens (tertiary/aromatic N) is 3. The van der Waals surface area contributed by atoms with Crippen molar-refractivity contribution in [2.75, 3.05) is 17.2 Å². The predicted octanol–water partition coefficient (Wildman–Crippen LogP) is 0.401. The van der Waals surface area contributed by atoms with Crippen LogP contribution in [0.1, 0.15) is 25.5 Å². The minimum Gasteiger partial charge on any atom is -0.394 e. The average molecular weight is 251 g/mol. The Kier molecular flexibility index (Phi) is 3.19. The van der Waals surface area contributed by atoms with Crippen molar-refractivity contribution in [1.29, 1.82) is 0 Å². The van der Waals surface area contributed by atoms with E-state index in [0.29, 0.717) is 18.3 Å². The summed E-state index contributed by atoms with van der Waals surface area (Å²) < 4.78 is 1.78. The molecule has 2 rings (SSSR count). The molecule has 100 valence electrons. The molecule has 6 heteroatoms. The van der Waals surface area contributed by atoms with Crippen LogP contribution in [0.3, 0.4) is 0 Å². The van der Waals surface area contributed by atoms with Gasteiger partial charge in [0, 0.05) is 19.6 Å². The van der Waals surface area contributed by atoms with E-state index in [4.69, 9.17) is 11.5 Å². The van der Waals surface area contributed by atoms with Crippen LogP contribution in [0.2, 0.25) is 0 Å². The van der Waals surface area contributed by atoms with Gasteiger partial charge in [0.05, 0.1) is 17.3 Å². The van der Waals surface area contributed by atoms with E-state index in [-0.39, 0.29) is 11.8 Å². The maximum atomic E-state index is 11.4. The van der Waals surface area contributed by atoms with Gasteiger partial charge in [0.2, 0.25) is 5.91 Å². The minimum absolute atomic E-state index is 0.101. The second-order valence-corrected chi connectivity index (χ2v) is 5.12. The van der Waals surface area contributed by atoms with Gasteiger partial charge >= 0.3 is 0 Å². The van der Waals surface area contributed by atoms with Gasteiger partial charge < -0.3 is 16.4 Å². The van der Waals surface area contributed by atoms with Crippen molar-refractivity contribution in [3.05, 3.63) is 5.69 Å². The number of primary amides is 1. The molecule has 2 heterocycles. The third-order valence-electron chi connectivity index (χ3n) is 3.79. The Labute approximate surface area is 107 Å². The van der Waals surface area contributed by atoms with Crippen molar-refractivity contribution in [1.82, 2.24) is 9.78 Å². The third kappa shape index (κ3) is 2.02. The highest BCUT2D eigenvalue weighted by Gasteiger charge is 2.31. The summed E-state index contributed by atoms with van der Waals surface area (Å²) in [6.45, 7) is 4.65. The summed E-state index contributed by atoms with van der Waals surface area (Å²) in [6, 6.07) is 0.345. The van der Waals surface area contributed by atoms with Crippen LogP contribution >= 0.6 is 0 Å². The van der Waals surface area contributed by atoms with E-state index in [1.807, 2.05) is 14.0 Å². The highest BCUT2D eigenvalue weighted by atomic mass is 16.1. The van der Waals surface area contributed by atoms with Crippen LogP contribution in [0, 0.1) is 12.8 Å². The molecular formula is C12H21N5O. The predicted molar refractivity (Wildman–Crippen MR) is 71.1 cm³/mol. The summed E-state index contributed by atoms with van der Waals surface area (Å²) in [6.07, 6.45) is 1.79. The molecule has 2 unspecified atom stereocenters. The van der Waals surface area contributed by atoms with E-state index < -0.39 is 0 Å². The number of aromatic nitrogens is 2. The normalized spacial score (nSPS) is 24.3. The molecular weight excluding hydrogens is 230 g/mol. The zero-order valence-electron chi connectivity index (χ0n) is 11.2. The maximum absolute atomic E-state index is 11.4. The lowest BCUT2D eigenvalue weighted by Crippen LogP contribution is -2.46. The fourth-order valence-corrected chi connectivity index (χ4v) is 2.64. The standard InChI is InChI=1S/C12H21N5O/c1-7-4-5-9(11(14)18)6-17(7)12-10(13)8(2)15-16(12)3/h7,9H,4-6,13H2,1-3H3,(H2,14,18). The van der Waals surface area contributed by atoms with Crippen LogP contribution < -0.4 is 16.4 Å². The highest BCUT2D eigenvalue weighted by molar-refractivity contribution is 5.78. The first-order valence-electron chi connectivity index (χ1n) is 6.26. The Morgan fingerprint density at radius 2 is 2.11 bits per heavy atom. The highest BCUT2D eigenvalue weighted by Crippen LogP contribution is 2.32. The molecule has 18 heavy (non-hydrogen) atoms. The van der Waals surface area contributed by atoms with Gasteiger partial charge in [-0.1, -0.05) is 0 Å². The van der Waals surface area contributed by atoms with E-state index in [0.717, 1.165) is 24.4 Å². The molecule has 1 aliphatic heterocycles. The fourth-order valence-electron chi connectivity index (χ4n) is 2.64. The van der Waals surface area contributed by atoms with Gasteiger partial charge in [-0.15, -0.1) is 0 Å². The minimum atomic E-state index is -0.232. The summed E-state index contributed by atoms with van der Waals surface area (Å²) in [7, 11) is 1.87. The summed E-state index contributed by atoms with van der Waals surface area (Å²) in [5.41, 5.74) is 13.0. The molecule has 1 amide bonds. The zero-order valence-corrected chi connectivity index (χ0v) is 11.2. The van der Waals surface area contributed by atoms with E-state index in [9.17, 15) is 4.79 Å². The molecule has 0 radical (unpaired) electrons. The number of amides is 1. The molecule has 1 saturated heterocycles. The quantitative estimate of drug-likeness (QED) is 0.796. The first-order chi connectivity index (χ1) is 8.41. The Balaban J connectivity index is 2.32. The van der Waals surface area contributed by atoms with Crippen molar-refractivity contribution < 1.29 is 4.79 Å². The Morgan fingerprint density at radius 1 is 1.44 bits per heavy atom. The largest absolute Gasteiger partial charge is 0.394 e. The number of hydrogen-bond acceptors (Lipinski definition) is 4. The lowest BCUT2D eigenvalue weighted by atomic mass is 9.93. The number of rotatable bonds is 2. The molecule has 1 aromatic heterocycles. The average Bonchev–Trinajstić information content (AvgIpc) is 2.54. The molecule has 1 fully saturated rings. The van der Waals surface area contributed by atoms with E-state index >= 15 is 0 Å². The lowest BCUT2D eigenvalue weighted by Gasteiger charge is -2.38. The number of carbonyl (C=O) groups excluding carboxylic acids is 1. The summed E-state index contributed by atoms with van der Waals surface area (Å²) in [4.78, 5) is 13.5. The van der Waals surface area contributed by atoms with Crippen LogP contribution in [0.4, 0.5) is 11.5 Å². The number of anilines is 2. The first kappa shape index (κ1) is 12.7. The summed E-state index contributed by atoms with van der Waals surface area (Å²) in [5.74, 6) is 0.561. The number of nitrogens with two attached hydrogens (primary N) is 2.